The fourth-order valence-electron chi connectivity index (χ4n) is 3.43. The average Bonchev–Trinajstić information content (AvgIpc) is 2.81. The van der Waals surface area contributed by atoms with Crippen LogP contribution < -0.4 is 21.1 Å². The number of aromatic carboxylic acids is 1. The lowest BCUT2D eigenvalue weighted by Gasteiger charge is -2.17. The van der Waals surface area contributed by atoms with Gasteiger partial charge in [0.15, 0.2) is 0 Å². The van der Waals surface area contributed by atoms with Crippen molar-refractivity contribution in [1.82, 2.24) is 15.4 Å². The first kappa shape index (κ1) is 25.9. The van der Waals surface area contributed by atoms with Crippen molar-refractivity contribution in [3.05, 3.63) is 91.1 Å². The summed E-state index contributed by atoms with van der Waals surface area (Å²) < 4.78 is 21.2. The quantitative estimate of drug-likeness (QED) is 0.367. The summed E-state index contributed by atoms with van der Waals surface area (Å²) >= 11 is 3.29. The molecule has 2 amide bonds. The molecule has 0 unspecified atom stereocenters. The van der Waals surface area contributed by atoms with E-state index in [9.17, 15) is 23.9 Å². The Hall–Kier alpha value is -3.70. The van der Waals surface area contributed by atoms with Crippen LogP contribution in [0.1, 0.15) is 32.7 Å². The summed E-state index contributed by atoms with van der Waals surface area (Å²) in [6.07, 6.45) is 0. The molecule has 0 radical (unpaired) electrons. The molecule has 0 aliphatic carbocycles. The highest BCUT2D eigenvalue weighted by Gasteiger charge is 2.17. The zero-order valence-corrected chi connectivity index (χ0v) is 20.7. The molecule has 0 saturated carbocycles. The van der Waals surface area contributed by atoms with Crippen molar-refractivity contribution >= 4 is 27.9 Å². The Morgan fingerprint density at radius 2 is 1.86 bits per heavy atom. The number of aryl methyl sites for hydroxylation is 2. The Balaban J connectivity index is 1.89. The summed E-state index contributed by atoms with van der Waals surface area (Å²) in [6.45, 7) is 3.50. The molecule has 3 aromatic rings. The average molecular weight is 548 g/mol. The van der Waals surface area contributed by atoms with E-state index in [0.29, 0.717) is 22.5 Å². The number of urea groups is 1. The number of nitrogens with one attached hydrogen (secondary N) is 2. The third-order valence-electron chi connectivity index (χ3n) is 5.18. The number of pyridine rings is 1. The van der Waals surface area contributed by atoms with E-state index in [-0.39, 0.29) is 28.9 Å². The molecule has 1 aromatic heterocycles. The van der Waals surface area contributed by atoms with Gasteiger partial charge in [0.1, 0.15) is 22.6 Å². The van der Waals surface area contributed by atoms with Crippen LogP contribution in [-0.2, 0) is 18.0 Å². The number of halogens is 2. The second-order valence-corrected chi connectivity index (χ2v) is 8.39. The first-order valence-corrected chi connectivity index (χ1v) is 11.1. The number of benzene rings is 2. The first-order chi connectivity index (χ1) is 16.6. The molecule has 0 spiro atoms. The molecule has 11 heteroatoms. The van der Waals surface area contributed by atoms with E-state index >= 15 is 0 Å². The van der Waals surface area contributed by atoms with Gasteiger partial charge in [0.25, 0.3) is 5.56 Å². The van der Waals surface area contributed by atoms with Crippen LogP contribution >= 0.6 is 15.9 Å². The van der Waals surface area contributed by atoms with Gasteiger partial charge in [-0.25, -0.2) is 19.5 Å². The van der Waals surface area contributed by atoms with Gasteiger partial charge in [0.05, 0.1) is 18.4 Å². The normalized spacial score (nSPS) is 10.7. The molecule has 9 nitrogen and oxygen atoms in total. The van der Waals surface area contributed by atoms with Gasteiger partial charge in [-0.05, 0) is 70.7 Å². The highest BCUT2D eigenvalue weighted by Crippen LogP contribution is 2.27. The van der Waals surface area contributed by atoms with Crippen LogP contribution in [-0.4, -0.2) is 28.8 Å². The largest absolute Gasteiger partial charge is 0.487 e. The van der Waals surface area contributed by atoms with Crippen LogP contribution in [0, 0.1) is 19.7 Å². The van der Waals surface area contributed by atoms with E-state index in [0.717, 1.165) is 5.56 Å². The Morgan fingerprint density at radius 3 is 2.54 bits per heavy atom. The van der Waals surface area contributed by atoms with Gasteiger partial charge in [0, 0.05) is 18.3 Å². The van der Waals surface area contributed by atoms with E-state index in [1.165, 1.54) is 42.0 Å². The van der Waals surface area contributed by atoms with Crippen LogP contribution in [0.2, 0.25) is 0 Å². The molecule has 0 atom stereocenters. The molecule has 35 heavy (non-hydrogen) atoms. The Labute approximate surface area is 208 Å². The van der Waals surface area contributed by atoms with Crippen molar-refractivity contribution in [2.75, 3.05) is 7.11 Å². The number of rotatable bonds is 8. The summed E-state index contributed by atoms with van der Waals surface area (Å²) in [5.74, 6) is -1.31. The van der Waals surface area contributed by atoms with Crippen LogP contribution in [0.3, 0.4) is 0 Å². The van der Waals surface area contributed by atoms with Crippen LogP contribution in [0.25, 0.3) is 5.69 Å². The predicted molar refractivity (Wildman–Crippen MR) is 129 cm³/mol. The van der Waals surface area contributed by atoms with Gasteiger partial charge in [-0.15, -0.1) is 0 Å². The van der Waals surface area contributed by atoms with Crippen molar-refractivity contribution in [3.63, 3.8) is 0 Å². The summed E-state index contributed by atoms with van der Waals surface area (Å²) in [4.78, 5) is 40.7. The maximum atomic E-state index is 13.8. The number of carboxylic acids is 1. The standard InChI is InChI=1S/C24H23BrFN3O6/c1-13-4-5-15(23(31)32)10-19(13)29-14(2)8-20(21(25)22(29)30)35-12-16-6-7-18(26)9-17(16)11-27-24(33)28-34-3/h4-10H,11-12H2,1-3H3,(H,31,32)(H2,27,28,33). The lowest BCUT2D eigenvalue weighted by molar-refractivity contribution is 0.0696. The van der Waals surface area contributed by atoms with Gasteiger partial charge in [-0.2, -0.15) is 0 Å². The van der Waals surface area contributed by atoms with Crippen molar-refractivity contribution in [2.45, 2.75) is 27.0 Å². The van der Waals surface area contributed by atoms with Crippen molar-refractivity contribution in [3.8, 4) is 11.4 Å². The number of aromatic nitrogens is 1. The number of nitrogens with zero attached hydrogens (tertiary/aromatic N) is 1. The molecular weight excluding hydrogens is 525 g/mol. The molecule has 0 bridgehead atoms. The highest BCUT2D eigenvalue weighted by atomic mass is 79.9. The smallest absolute Gasteiger partial charge is 0.338 e. The van der Waals surface area contributed by atoms with E-state index < -0.39 is 23.4 Å². The summed E-state index contributed by atoms with van der Waals surface area (Å²) in [6, 6.07) is 9.69. The van der Waals surface area contributed by atoms with E-state index in [4.69, 9.17) is 4.74 Å². The second-order valence-electron chi connectivity index (χ2n) is 7.60. The molecular formula is C24H23BrFN3O6. The summed E-state index contributed by atoms with van der Waals surface area (Å²) in [5.41, 5.74) is 4.52. The number of carbonyl (C=O) groups is 2. The van der Waals surface area contributed by atoms with Crippen molar-refractivity contribution < 1.29 is 28.7 Å². The number of carboxylic acid groups (broad SMARTS) is 1. The van der Waals surface area contributed by atoms with Crippen molar-refractivity contribution in [1.29, 1.82) is 0 Å². The third-order valence-corrected chi connectivity index (χ3v) is 5.91. The topological polar surface area (TPSA) is 119 Å². The van der Waals surface area contributed by atoms with Crippen LogP contribution in [0.5, 0.6) is 5.75 Å². The molecule has 0 fully saturated rings. The maximum absolute atomic E-state index is 13.8. The zero-order chi connectivity index (χ0) is 25.7. The molecule has 1 heterocycles. The Kier molecular flexibility index (Phi) is 8.26. The van der Waals surface area contributed by atoms with Gasteiger partial charge >= 0.3 is 12.0 Å². The minimum Gasteiger partial charge on any atom is -0.487 e. The predicted octanol–water partition coefficient (Wildman–Crippen LogP) is 3.99. The lowest BCUT2D eigenvalue weighted by Crippen LogP contribution is -2.34. The molecule has 3 rings (SSSR count). The molecule has 0 aliphatic heterocycles. The molecule has 3 N–H and O–H groups in total. The maximum Gasteiger partial charge on any atom is 0.338 e. The number of ether oxygens (including phenoxy) is 1. The van der Waals surface area contributed by atoms with Gasteiger partial charge in [-0.3, -0.25) is 14.2 Å². The van der Waals surface area contributed by atoms with Gasteiger partial charge in [-0.1, -0.05) is 12.1 Å². The molecule has 0 saturated heterocycles. The number of carbonyl (C=O) groups excluding carboxylic acids is 1. The van der Waals surface area contributed by atoms with E-state index in [1.54, 1.807) is 26.0 Å². The highest BCUT2D eigenvalue weighted by molar-refractivity contribution is 9.10. The van der Waals surface area contributed by atoms with Crippen LogP contribution in [0.4, 0.5) is 9.18 Å². The molecule has 2 aromatic carbocycles. The monoisotopic (exact) mass is 547 g/mol. The summed E-state index contributed by atoms with van der Waals surface area (Å²) in [7, 11) is 1.29. The van der Waals surface area contributed by atoms with Gasteiger partial charge in [0.2, 0.25) is 0 Å². The number of hydroxylamine groups is 1. The minimum atomic E-state index is -1.10. The number of amides is 2. The first-order valence-electron chi connectivity index (χ1n) is 10.4. The van der Waals surface area contributed by atoms with Crippen LogP contribution in [0.15, 0.2) is 51.7 Å². The second kappa shape index (κ2) is 11.2. The zero-order valence-electron chi connectivity index (χ0n) is 19.1. The third kappa shape index (κ3) is 6.06. The Bertz CT molecular complexity index is 1340. The SMILES string of the molecule is CONC(=O)NCc1cc(F)ccc1COc1cc(C)n(-c2cc(C(=O)O)ccc2C)c(=O)c1Br. The van der Waals surface area contributed by atoms with E-state index in [2.05, 4.69) is 31.6 Å². The fraction of sp³-hybridized carbons (Fsp3) is 0.208. The molecule has 184 valence electrons. The molecule has 0 aliphatic rings. The fourth-order valence-corrected chi connectivity index (χ4v) is 3.84. The Morgan fingerprint density at radius 1 is 1.11 bits per heavy atom. The summed E-state index contributed by atoms with van der Waals surface area (Å²) in [5, 5.41) is 11.9. The number of hydrogen-bond acceptors (Lipinski definition) is 5. The van der Waals surface area contributed by atoms with Crippen molar-refractivity contribution in [2.24, 2.45) is 0 Å². The number of hydrogen-bond donors (Lipinski definition) is 3. The lowest BCUT2D eigenvalue weighted by atomic mass is 10.1. The van der Waals surface area contributed by atoms with E-state index in [1.807, 2.05) is 0 Å². The minimum absolute atomic E-state index is 0.00178. The van der Waals surface area contributed by atoms with Gasteiger partial charge < -0.3 is 15.2 Å².